The van der Waals surface area contributed by atoms with Crippen molar-refractivity contribution in [3.8, 4) is 0 Å². The van der Waals surface area contributed by atoms with Crippen LogP contribution in [0.15, 0.2) is 0 Å². The molecule has 0 aromatic carbocycles. The van der Waals surface area contributed by atoms with E-state index in [0.717, 1.165) is 38.9 Å². The van der Waals surface area contributed by atoms with E-state index in [1.807, 2.05) is 4.90 Å². The van der Waals surface area contributed by atoms with Gasteiger partial charge in [-0.05, 0) is 44.7 Å². The van der Waals surface area contributed by atoms with Crippen molar-refractivity contribution < 1.29 is 9.59 Å². The average molecular weight is 307 g/mol. The summed E-state index contributed by atoms with van der Waals surface area (Å²) < 4.78 is 0. The first-order valence-corrected chi connectivity index (χ1v) is 9.02. The molecule has 5 nitrogen and oxygen atoms in total. The fourth-order valence-corrected chi connectivity index (χ4v) is 4.17. The van der Waals surface area contributed by atoms with Crippen LogP contribution < -0.4 is 10.6 Å². The molecule has 0 radical (unpaired) electrons. The van der Waals surface area contributed by atoms with Crippen molar-refractivity contribution in [1.29, 1.82) is 0 Å². The zero-order chi connectivity index (χ0) is 15.4. The van der Waals surface area contributed by atoms with Crippen molar-refractivity contribution in [1.82, 2.24) is 15.5 Å². The van der Waals surface area contributed by atoms with Gasteiger partial charge in [0.15, 0.2) is 0 Å². The van der Waals surface area contributed by atoms with Crippen LogP contribution in [0, 0.1) is 5.92 Å². The van der Waals surface area contributed by atoms with Crippen molar-refractivity contribution in [2.45, 2.75) is 69.9 Å². The Labute approximate surface area is 133 Å². The van der Waals surface area contributed by atoms with E-state index in [-0.39, 0.29) is 17.9 Å². The summed E-state index contributed by atoms with van der Waals surface area (Å²) in [5.74, 6) is 1.00. The number of amides is 2. The SMILES string of the molecule is O=C(CCC1CCNC1)NC1CC(=O)N(C2CCCCC2)C1. The van der Waals surface area contributed by atoms with Gasteiger partial charge in [0.2, 0.25) is 11.8 Å². The third-order valence-electron chi connectivity index (χ3n) is 5.48. The van der Waals surface area contributed by atoms with E-state index >= 15 is 0 Å². The Morgan fingerprint density at radius 1 is 1.23 bits per heavy atom. The van der Waals surface area contributed by atoms with Gasteiger partial charge in [0, 0.05) is 25.4 Å². The Bertz CT molecular complexity index is 401. The third kappa shape index (κ3) is 4.00. The van der Waals surface area contributed by atoms with Crippen molar-refractivity contribution in [3.63, 3.8) is 0 Å². The second kappa shape index (κ2) is 7.44. The van der Waals surface area contributed by atoms with Gasteiger partial charge in [0.05, 0.1) is 6.04 Å². The first-order valence-electron chi connectivity index (χ1n) is 9.02. The lowest BCUT2D eigenvalue weighted by atomic mass is 9.94. The molecule has 22 heavy (non-hydrogen) atoms. The Kier molecular flexibility index (Phi) is 5.34. The number of rotatable bonds is 5. The molecule has 2 saturated heterocycles. The highest BCUT2D eigenvalue weighted by Crippen LogP contribution is 2.26. The Balaban J connectivity index is 1.41. The zero-order valence-electron chi connectivity index (χ0n) is 13.5. The molecule has 0 aromatic heterocycles. The number of nitrogens with one attached hydrogen (secondary N) is 2. The molecule has 2 aliphatic heterocycles. The molecule has 5 heteroatoms. The summed E-state index contributed by atoms with van der Waals surface area (Å²) in [7, 11) is 0. The van der Waals surface area contributed by atoms with E-state index < -0.39 is 0 Å². The van der Waals surface area contributed by atoms with Crippen LogP contribution in [0.2, 0.25) is 0 Å². The highest BCUT2D eigenvalue weighted by molar-refractivity contribution is 5.82. The second-order valence-corrected chi connectivity index (χ2v) is 7.20. The van der Waals surface area contributed by atoms with Gasteiger partial charge >= 0.3 is 0 Å². The highest BCUT2D eigenvalue weighted by atomic mass is 16.2. The van der Waals surface area contributed by atoms with Gasteiger partial charge in [-0.3, -0.25) is 9.59 Å². The number of carbonyl (C=O) groups is 2. The normalized spacial score (nSPS) is 30.0. The molecular formula is C17H29N3O2. The monoisotopic (exact) mass is 307 g/mol. The first kappa shape index (κ1) is 15.8. The molecule has 2 heterocycles. The lowest BCUT2D eigenvalue weighted by molar-refractivity contribution is -0.130. The van der Waals surface area contributed by atoms with E-state index in [0.29, 0.717) is 24.8 Å². The van der Waals surface area contributed by atoms with Gasteiger partial charge in [-0.1, -0.05) is 19.3 Å². The Hall–Kier alpha value is -1.10. The van der Waals surface area contributed by atoms with Crippen molar-refractivity contribution in [2.75, 3.05) is 19.6 Å². The van der Waals surface area contributed by atoms with Crippen LogP contribution >= 0.6 is 0 Å². The molecule has 3 fully saturated rings. The van der Waals surface area contributed by atoms with Crippen LogP contribution in [0.5, 0.6) is 0 Å². The quantitative estimate of drug-likeness (QED) is 0.807. The molecular weight excluding hydrogens is 278 g/mol. The second-order valence-electron chi connectivity index (χ2n) is 7.20. The van der Waals surface area contributed by atoms with Crippen LogP contribution in [-0.4, -0.2) is 48.4 Å². The average Bonchev–Trinajstić information content (AvgIpc) is 3.16. The van der Waals surface area contributed by atoms with Crippen molar-refractivity contribution in [3.05, 3.63) is 0 Å². The molecule has 0 spiro atoms. The van der Waals surface area contributed by atoms with E-state index in [1.165, 1.54) is 25.7 Å². The lowest BCUT2D eigenvalue weighted by Crippen LogP contribution is -2.41. The topological polar surface area (TPSA) is 61.4 Å². The molecule has 2 atom stereocenters. The van der Waals surface area contributed by atoms with E-state index in [1.54, 1.807) is 0 Å². The molecule has 2 N–H and O–H groups in total. The summed E-state index contributed by atoms with van der Waals surface area (Å²) >= 11 is 0. The summed E-state index contributed by atoms with van der Waals surface area (Å²) in [4.78, 5) is 26.3. The maximum Gasteiger partial charge on any atom is 0.225 e. The molecule has 124 valence electrons. The van der Waals surface area contributed by atoms with Gasteiger partial charge in [-0.2, -0.15) is 0 Å². The van der Waals surface area contributed by atoms with Crippen LogP contribution in [0.1, 0.15) is 57.8 Å². The fraction of sp³-hybridized carbons (Fsp3) is 0.882. The summed E-state index contributed by atoms with van der Waals surface area (Å²) in [6.07, 6.45) is 9.29. The lowest BCUT2D eigenvalue weighted by Gasteiger charge is -2.31. The predicted molar refractivity (Wildman–Crippen MR) is 85.3 cm³/mol. The number of nitrogens with zero attached hydrogens (tertiary/aromatic N) is 1. The largest absolute Gasteiger partial charge is 0.351 e. The summed E-state index contributed by atoms with van der Waals surface area (Å²) in [6, 6.07) is 0.455. The molecule has 1 aliphatic carbocycles. The van der Waals surface area contributed by atoms with Gasteiger partial charge in [0.25, 0.3) is 0 Å². The molecule has 1 saturated carbocycles. The van der Waals surface area contributed by atoms with Gasteiger partial charge in [0.1, 0.15) is 0 Å². The number of hydrogen-bond acceptors (Lipinski definition) is 3. The smallest absolute Gasteiger partial charge is 0.225 e. The van der Waals surface area contributed by atoms with Crippen LogP contribution in [0.4, 0.5) is 0 Å². The van der Waals surface area contributed by atoms with Crippen LogP contribution in [0.3, 0.4) is 0 Å². The maximum absolute atomic E-state index is 12.2. The molecule has 2 unspecified atom stereocenters. The van der Waals surface area contributed by atoms with Crippen LogP contribution in [0.25, 0.3) is 0 Å². The maximum atomic E-state index is 12.2. The van der Waals surface area contributed by atoms with Crippen molar-refractivity contribution in [2.24, 2.45) is 5.92 Å². The van der Waals surface area contributed by atoms with Gasteiger partial charge in [-0.25, -0.2) is 0 Å². The van der Waals surface area contributed by atoms with E-state index in [4.69, 9.17) is 0 Å². The summed E-state index contributed by atoms with van der Waals surface area (Å²) in [5.41, 5.74) is 0. The zero-order valence-corrected chi connectivity index (χ0v) is 13.5. The Morgan fingerprint density at radius 2 is 2.05 bits per heavy atom. The highest BCUT2D eigenvalue weighted by Gasteiger charge is 2.35. The van der Waals surface area contributed by atoms with E-state index in [9.17, 15) is 9.59 Å². The molecule has 0 aromatic rings. The predicted octanol–water partition coefficient (Wildman–Crippen LogP) is 1.43. The van der Waals surface area contributed by atoms with Crippen LogP contribution in [-0.2, 0) is 9.59 Å². The number of likely N-dealkylation sites (tertiary alicyclic amines) is 1. The summed E-state index contributed by atoms with van der Waals surface area (Å²) in [5, 5.41) is 6.41. The fourth-order valence-electron chi connectivity index (χ4n) is 4.17. The van der Waals surface area contributed by atoms with Gasteiger partial charge in [-0.15, -0.1) is 0 Å². The Morgan fingerprint density at radius 3 is 2.77 bits per heavy atom. The standard InChI is InChI=1S/C17H29N3O2/c21-16(7-6-13-8-9-18-11-13)19-14-10-17(22)20(12-14)15-4-2-1-3-5-15/h13-15,18H,1-12H2,(H,19,21). The molecule has 3 aliphatic rings. The molecule has 0 bridgehead atoms. The molecule has 2 amide bonds. The first-order chi connectivity index (χ1) is 10.7. The minimum Gasteiger partial charge on any atom is -0.351 e. The molecule has 3 rings (SSSR count). The third-order valence-corrected chi connectivity index (χ3v) is 5.48. The van der Waals surface area contributed by atoms with E-state index in [2.05, 4.69) is 10.6 Å². The minimum absolute atomic E-state index is 0.0311. The summed E-state index contributed by atoms with van der Waals surface area (Å²) in [6.45, 7) is 2.85. The minimum atomic E-state index is 0.0311. The van der Waals surface area contributed by atoms with Crippen molar-refractivity contribution >= 4 is 11.8 Å². The number of hydrogen-bond donors (Lipinski definition) is 2. The van der Waals surface area contributed by atoms with Gasteiger partial charge < -0.3 is 15.5 Å². The number of carbonyl (C=O) groups excluding carboxylic acids is 2.